The summed E-state index contributed by atoms with van der Waals surface area (Å²) in [4.78, 5) is 27.0. The molecule has 0 spiro atoms. The van der Waals surface area contributed by atoms with Crippen molar-refractivity contribution in [3.63, 3.8) is 0 Å². The van der Waals surface area contributed by atoms with Gasteiger partial charge in [0.15, 0.2) is 0 Å². The molecule has 1 atom stereocenters. The van der Waals surface area contributed by atoms with Gasteiger partial charge < -0.3 is 14.7 Å². The van der Waals surface area contributed by atoms with E-state index in [0.717, 1.165) is 0 Å². The van der Waals surface area contributed by atoms with E-state index < -0.39 is 17.7 Å². The van der Waals surface area contributed by atoms with Crippen LogP contribution in [0.15, 0.2) is 54.1 Å². The molecule has 146 valence electrons. The molecule has 28 heavy (non-hydrogen) atoms. The molecule has 1 saturated heterocycles. The fourth-order valence-corrected chi connectivity index (χ4v) is 3.80. The number of halogens is 2. The molecule has 2 aromatic rings. The molecule has 0 saturated carbocycles. The van der Waals surface area contributed by atoms with E-state index in [1.54, 1.807) is 55.6 Å². The largest absolute Gasteiger partial charge is 0.507 e. The monoisotopic (exact) mass is 419 g/mol. The third-order valence-electron chi connectivity index (χ3n) is 4.59. The van der Waals surface area contributed by atoms with Crippen LogP contribution in [-0.4, -0.2) is 42.0 Å². The lowest BCUT2D eigenvalue weighted by atomic mass is 9.95. The molecule has 0 unspecified atom stereocenters. The number of aliphatic hydroxyl groups excluding tert-OH is 1. The van der Waals surface area contributed by atoms with Gasteiger partial charge in [0.1, 0.15) is 5.76 Å². The average Bonchev–Trinajstić information content (AvgIpc) is 2.93. The second-order valence-corrected chi connectivity index (χ2v) is 7.21. The van der Waals surface area contributed by atoms with E-state index in [-0.39, 0.29) is 17.9 Å². The van der Waals surface area contributed by atoms with Crippen LogP contribution in [0, 0.1) is 0 Å². The van der Waals surface area contributed by atoms with Crippen LogP contribution in [0.4, 0.5) is 0 Å². The molecule has 0 bridgehead atoms. The Kier molecular flexibility index (Phi) is 6.39. The van der Waals surface area contributed by atoms with Crippen LogP contribution in [0.5, 0.6) is 0 Å². The number of rotatable bonds is 6. The third kappa shape index (κ3) is 3.92. The van der Waals surface area contributed by atoms with Crippen molar-refractivity contribution >= 4 is 40.7 Å². The van der Waals surface area contributed by atoms with Gasteiger partial charge in [0.2, 0.25) is 0 Å². The number of aliphatic hydroxyl groups is 1. The van der Waals surface area contributed by atoms with E-state index in [1.165, 1.54) is 4.90 Å². The van der Waals surface area contributed by atoms with Gasteiger partial charge in [-0.3, -0.25) is 9.59 Å². The van der Waals surface area contributed by atoms with Crippen LogP contribution in [0.1, 0.15) is 23.6 Å². The van der Waals surface area contributed by atoms with Crippen LogP contribution in [0.3, 0.4) is 0 Å². The first-order valence-electron chi connectivity index (χ1n) is 8.73. The highest BCUT2D eigenvalue weighted by Crippen LogP contribution is 2.42. The number of methoxy groups -OCH3 is 1. The number of hydrogen-bond acceptors (Lipinski definition) is 4. The number of Topliss-reactive ketones (excluding diaryl/α,β-unsaturated/α-hetero) is 1. The fourth-order valence-electron chi connectivity index (χ4n) is 3.29. The molecule has 2 aromatic carbocycles. The lowest BCUT2D eigenvalue weighted by molar-refractivity contribution is -0.140. The molecule has 5 nitrogen and oxygen atoms in total. The highest BCUT2D eigenvalue weighted by Gasteiger charge is 2.46. The molecule has 1 N–H and O–H groups in total. The van der Waals surface area contributed by atoms with E-state index in [0.29, 0.717) is 34.2 Å². The molecule has 3 rings (SSSR count). The van der Waals surface area contributed by atoms with Crippen molar-refractivity contribution in [3.05, 3.63) is 75.3 Å². The summed E-state index contributed by atoms with van der Waals surface area (Å²) >= 11 is 12.4. The lowest BCUT2D eigenvalue weighted by Crippen LogP contribution is -2.31. The predicted molar refractivity (Wildman–Crippen MR) is 108 cm³/mol. The van der Waals surface area contributed by atoms with Crippen LogP contribution in [0.25, 0.3) is 5.76 Å². The summed E-state index contributed by atoms with van der Waals surface area (Å²) in [5, 5.41) is 11.6. The molecule has 0 aliphatic carbocycles. The van der Waals surface area contributed by atoms with Gasteiger partial charge >= 0.3 is 0 Å². The van der Waals surface area contributed by atoms with Crippen LogP contribution in [-0.2, 0) is 14.3 Å². The average molecular weight is 420 g/mol. The van der Waals surface area contributed by atoms with Crippen LogP contribution in [0.2, 0.25) is 10.0 Å². The maximum Gasteiger partial charge on any atom is 0.295 e. The second-order valence-electron chi connectivity index (χ2n) is 6.37. The minimum Gasteiger partial charge on any atom is -0.507 e. The Morgan fingerprint density at radius 3 is 2.50 bits per heavy atom. The first kappa shape index (κ1) is 20.4. The number of hydrogen-bond donors (Lipinski definition) is 1. The van der Waals surface area contributed by atoms with Crippen molar-refractivity contribution in [3.8, 4) is 0 Å². The van der Waals surface area contributed by atoms with Gasteiger partial charge in [0.05, 0.1) is 11.6 Å². The van der Waals surface area contributed by atoms with Crippen molar-refractivity contribution in [1.82, 2.24) is 4.90 Å². The number of amides is 1. The number of carbonyl (C=O) groups excluding carboxylic acids is 2. The zero-order valence-electron chi connectivity index (χ0n) is 15.2. The van der Waals surface area contributed by atoms with Crippen molar-refractivity contribution < 1.29 is 19.4 Å². The standard InChI is InChI=1S/C21H19Cl2NO4/c1-28-11-5-10-24-18(15-9-8-14(22)12-16(15)23)17(20(26)21(24)27)19(25)13-6-3-2-4-7-13/h2-4,6-9,12,18,25H,5,10-11H2,1H3/t18-/m1/s1. The summed E-state index contributed by atoms with van der Waals surface area (Å²) in [5.41, 5.74) is 0.991. The van der Waals surface area contributed by atoms with Crippen LogP contribution >= 0.6 is 23.2 Å². The number of benzene rings is 2. The Morgan fingerprint density at radius 2 is 1.86 bits per heavy atom. The second kappa shape index (κ2) is 8.78. The summed E-state index contributed by atoms with van der Waals surface area (Å²) in [6.45, 7) is 0.719. The van der Waals surface area contributed by atoms with Crippen molar-refractivity contribution in [2.24, 2.45) is 0 Å². The molecule has 1 aliphatic heterocycles. The van der Waals surface area contributed by atoms with Gasteiger partial charge in [-0.1, -0.05) is 59.6 Å². The summed E-state index contributed by atoms with van der Waals surface area (Å²) in [5.74, 6) is -1.65. The quantitative estimate of drug-likeness (QED) is 0.325. The number of ether oxygens (including phenoxy) is 1. The summed E-state index contributed by atoms with van der Waals surface area (Å²) < 4.78 is 5.06. The van der Waals surface area contributed by atoms with Gasteiger partial charge in [-0.2, -0.15) is 0 Å². The van der Waals surface area contributed by atoms with Gasteiger partial charge in [-0.05, 0) is 24.1 Å². The van der Waals surface area contributed by atoms with Crippen molar-refractivity contribution in [2.45, 2.75) is 12.5 Å². The third-order valence-corrected chi connectivity index (χ3v) is 5.15. The van der Waals surface area contributed by atoms with E-state index >= 15 is 0 Å². The molecule has 7 heteroatoms. The van der Waals surface area contributed by atoms with E-state index in [2.05, 4.69) is 0 Å². The minimum atomic E-state index is -0.804. The first-order chi connectivity index (χ1) is 13.5. The molecule has 1 amide bonds. The fraction of sp³-hybridized carbons (Fsp3) is 0.238. The highest BCUT2D eigenvalue weighted by atomic mass is 35.5. The highest BCUT2D eigenvalue weighted by molar-refractivity contribution is 6.47. The molecule has 0 radical (unpaired) electrons. The number of carbonyl (C=O) groups is 2. The number of nitrogens with zero attached hydrogens (tertiary/aromatic N) is 1. The van der Waals surface area contributed by atoms with E-state index in [1.807, 2.05) is 0 Å². The number of ketones is 1. The van der Waals surface area contributed by atoms with Gasteiger partial charge in [-0.25, -0.2) is 0 Å². The zero-order chi connectivity index (χ0) is 20.3. The molecular formula is C21H19Cl2NO4. The molecule has 1 fully saturated rings. The Bertz CT molecular complexity index is 927. The Labute approximate surface area is 173 Å². The maximum atomic E-state index is 12.8. The SMILES string of the molecule is COCCCN1C(=O)C(=O)C(=C(O)c2ccccc2)[C@H]1c1ccc(Cl)cc1Cl. The van der Waals surface area contributed by atoms with Gasteiger partial charge in [-0.15, -0.1) is 0 Å². The van der Waals surface area contributed by atoms with Crippen molar-refractivity contribution in [1.29, 1.82) is 0 Å². The van der Waals surface area contributed by atoms with Crippen LogP contribution < -0.4 is 0 Å². The Balaban J connectivity index is 2.15. The zero-order valence-corrected chi connectivity index (χ0v) is 16.7. The minimum absolute atomic E-state index is 0.0119. The maximum absolute atomic E-state index is 12.8. The number of likely N-dealkylation sites (tertiary alicyclic amines) is 1. The lowest BCUT2D eigenvalue weighted by Gasteiger charge is -2.26. The topological polar surface area (TPSA) is 66.8 Å². The van der Waals surface area contributed by atoms with E-state index in [4.69, 9.17) is 27.9 Å². The van der Waals surface area contributed by atoms with E-state index in [9.17, 15) is 14.7 Å². The van der Waals surface area contributed by atoms with Gasteiger partial charge in [0.25, 0.3) is 11.7 Å². The Hall–Kier alpha value is -2.34. The smallest absolute Gasteiger partial charge is 0.295 e. The summed E-state index contributed by atoms with van der Waals surface area (Å²) in [7, 11) is 1.57. The molecule has 1 heterocycles. The molecule has 1 aliphatic rings. The molecule has 0 aromatic heterocycles. The normalized spacial score (nSPS) is 18.7. The van der Waals surface area contributed by atoms with Crippen molar-refractivity contribution in [2.75, 3.05) is 20.3 Å². The molecular weight excluding hydrogens is 401 g/mol. The summed E-state index contributed by atoms with van der Waals surface area (Å²) in [6.07, 6.45) is 0.538. The van der Waals surface area contributed by atoms with Gasteiger partial charge in [0, 0.05) is 35.9 Å². The summed E-state index contributed by atoms with van der Waals surface area (Å²) in [6, 6.07) is 12.7. The predicted octanol–water partition coefficient (Wildman–Crippen LogP) is 4.45. The first-order valence-corrected chi connectivity index (χ1v) is 9.49. The Morgan fingerprint density at radius 1 is 1.14 bits per heavy atom.